The number of benzene rings is 1. The molecule has 0 atom stereocenters. The lowest BCUT2D eigenvalue weighted by molar-refractivity contribution is 0.357. The van der Waals surface area contributed by atoms with Crippen molar-refractivity contribution in [1.29, 1.82) is 0 Å². The first-order chi connectivity index (χ1) is 8.13. The number of hydrogen-bond acceptors (Lipinski definition) is 3. The van der Waals surface area contributed by atoms with Gasteiger partial charge in [-0.05, 0) is 25.8 Å². The Morgan fingerprint density at radius 3 is 2.65 bits per heavy atom. The van der Waals surface area contributed by atoms with Gasteiger partial charge in [-0.15, -0.1) is 0 Å². The van der Waals surface area contributed by atoms with Crippen LogP contribution in [0.1, 0.15) is 38.2 Å². The smallest absolute Gasteiger partial charge is 0.123 e. The minimum atomic E-state index is 0.242. The highest BCUT2D eigenvalue weighted by Gasteiger charge is 2.27. The zero-order valence-corrected chi connectivity index (χ0v) is 10.6. The quantitative estimate of drug-likeness (QED) is 0.843. The second kappa shape index (κ2) is 4.96. The van der Waals surface area contributed by atoms with E-state index < -0.39 is 0 Å². The zero-order chi connectivity index (χ0) is 12.3. The number of ether oxygens (including phenoxy) is 1. The Kier molecular flexibility index (Phi) is 3.57. The average Bonchev–Trinajstić information content (AvgIpc) is 2.75. The van der Waals surface area contributed by atoms with Crippen molar-refractivity contribution >= 4 is 0 Å². The fourth-order valence-electron chi connectivity index (χ4n) is 2.46. The largest absolute Gasteiger partial charge is 0.507 e. The molecule has 1 aliphatic carbocycles. The van der Waals surface area contributed by atoms with Crippen LogP contribution in [0, 0.1) is 0 Å². The molecular formula is C14H21NO2. The van der Waals surface area contributed by atoms with Crippen molar-refractivity contribution in [1.82, 2.24) is 5.32 Å². The predicted octanol–water partition coefficient (Wildman–Crippen LogP) is 2.82. The van der Waals surface area contributed by atoms with Gasteiger partial charge in [0.1, 0.15) is 11.5 Å². The summed E-state index contributed by atoms with van der Waals surface area (Å²) in [5, 5.41) is 13.4. The highest BCUT2D eigenvalue weighted by atomic mass is 16.5. The molecule has 2 N–H and O–H groups in total. The molecule has 1 aliphatic rings. The summed E-state index contributed by atoms with van der Waals surface area (Å²) in [6.45, 7) is 2.98. The number of nitrogens with one attached hydrogen (secondary N) is 1. The molecule has 0 bridgehead atoms. The van der Waals surface area contributed by atoms with Crippen LogP contribution in [-0.2, 0) is 6.54 Å². The first-order valence-corrected chi connectivity index (χ1v) is 6.24. The predicted molar refractivity (Wildman–Crippen MR) is 68.4 cm³/mol. The van der Waals surface area contributed by atoms with Gasteiger partial charge in [0.15, 0.2) is 0 Å². The van der Waals surface area contributed by atoms with Crippen LogP contribution >= 0.6 is 0 Å². The van der Waals surface area contributed by atoms with Crippen LogP contribution in [0.2, 0.25) is 0 Å². The molecule has 0 unspecified atom stereocenters. The summed E-state index contributed by atoms with van der Waals surface area (Å²) in [6.07, 6.45) is 5.06. The fourth-order valence-corrected chi connectivity index (χ4v) is 2.46. The molecule has 0 saturated heterocycles. The maximum Gasteiger partial charge on any atom is 0.123 e. The fraction of sp³-hybridized carbons (Fsp3) is 0.571. The Labute approximate surface area is 103 Å². The summed E-state index contributed by atoms with van der Waals surface area (Å²) in [6, 6.07) is 5.46. The highest BCUT2D eigenvalue weighted by Crippen LogP contribution is 2.30. The SMILES string of the molecule is COc1ccc(CNC2(C)CCCC2)c(O)c1. The maximum atomic E-state index is 9.86. The highest BCUT2D eigenvalue weighted by molar-refractivity contribution is 5.39. The Morgan fingerprint density at radius 1 is 1.35 bits per heavy atom. The molecule has 0 radical (unpaired) electrons. The van der Waals surface area contributed by atoms with Gasteiger partial charge in [-0.25, -0.2) is 0 Å². The average molecular weight is 235 g/mol. The molecule has 1 aromatic rings. The molecule has 94 valence electrons. The van der Waals surface area contributed by atoms with E-state index >= 15 is 0 Å². The lowest BCUT2D eigenvalue weighted by Crippen LogP contribution is -2.38. The standard InChI is InChI=1S/C14H21NO2/c1-14(7-3-4-8-14)15-10-11-5-6-12(17-2)9-13(11)16/h5-6,9,15-16H,3-4,7-8,10H2,1-2H3. The van der Waals surface area contributed by atoms with Gasteiger partial charge in [0, 0.05) is 23.7 Å². The van der Waals surface area contributed by atoms with Crippen LogP contribution in [0.4, 0.5) is 0 Å². The number of methoxy groups -OCH3 is 1. The normalized spacial score (nSPS) is 18.2. The van der Waals surface area contributed by atoms with E-state index in [2.05, 4.69) is 12.2 Å². The van der Waals surface area contributed by atoms with Crippen LogP contribution in [0.5, 0.6) is 11.5 Å². The minimum absolute atomic E-state index is 0.242. The lowest BCUT2D eigenvalue weighted by Gasteiger charge is -2.25. The van der Waals surface area contributed by atoms with Gasteiger partial charge >= 0.3 is 0 Å². The maximum absolute atomic E-state index is 9.86. The second-order valence-electron chi connectivity index (χ2n) is 5.12. The summed E-state index contributed by atoms with van der Waals surface area (Å²) in [5.41, 5.74) is 1.17. The van der Waals surface area contributed by atoms with Crippen LogP contribution in [0.15, 0.2) is 18.2 Å². The third-order valence-corrected chi connectivity index (χ3v) is 3.71. The molecule has 1 saturated carbocycles. The van der Waals surface area contributed by atoms with Gasteiger partial charge in [0.2, 0.25) is 0 Å². The molecule has 0 aliphatic heterocycles. The molecule has 17 heavy (non-hydrogen) atoms. The van der Waals surface area contributed by atoms with E-state index in [0.717, 1.165) is 5.56 Å². The van der Waals surface area contributed by atoms with Crippen molar-refractivity contribution in [2.75, 3.05) is 7.11 Å². The molecule has 2 rings (SSSR count). The lowest BCUT2D eigenvalue weighted by atomic mass is 10.00. The Bertz CT molecular complexity index is 384. The molecule has 0 aromatic heterocycles. The first kappa shape index (κ1) is 12.2. The molecule has 3 heteroatoms. The van der Waals surface area contributed by atoms with E-state index in [0.29, 0.717) is 18.0 Å². The van der Waals surface area contributed by atoms with Gasteiger partial charge in [-0.2, -0.15) is 0 Å². The van der Waals surface area contributed by atoms with Crippen LogP contribution in [0.3, 0.4) is 0 Å². The van der Waals surface area contributed by atoms with Crippen molar-refractivity contribution in [3.63, 3.8) is 0 Å². The number of phenols is 1. The Hall–Kier alpha value is -1.22. The summed E-state index contributed by atoms with van der Waals surface area (Å²) < 4.78 is 5.07. The van der Waals surface area contributed by atoms with Crippen LogP contribution in [-0.4, -0.2) is 17.8 Å². The van der Waals surface area contributed by atoms with Gasteiger partial charge in [0.05, 0.1) is 7.11 Å². The van der Waals surface area contributed by atoms with Gasteiger partial charge < -0.3 is 15.2 Å². The van der Waals surface area contributed by atoms with Crippen molar-refractivity contribution in [2.45, 2.75) is 44.7 Å². The van der Waals surface area contributed by atoms with E-state index in [-0.39, 0.29) is 5.54 Å². The van der Waals surface area contributed by atoms with Crippen LogP contribution < -0.4 is 10.1 Å². The number of phenolic OH excluding ortho intramolecular Hbond substituents is 1. The van der Waals surface area contributed by atoms with Crippen LogP contribution in [0.25, 0.3) is 0 Å². The Balaban J connectivity index is 1.99. The van der Waals surface area contributed by atoms with Crippen molar-refractivity contribution in [3.05, 3.63) is 23.8 Å². The van der Waals surface area contributed by atoms with Crippen molar-refractivity contribution in [2.24, 2.45) is 0 Å². The van der Waals surface area contributed by atoms with Gasteiger partial charge in [0.25, 0.3) is 0 Å². The number of aromatic hydroxyl groups is 1. The summed E-state index contributed by atoms with van der Waals surface area (Å²) in [5.74, 6) is 0.997. The summed E-state index contributed by atoms with van der Waals surface area (Å²) in [7, 11) is 1.60. The monoisotopic (exact) mass is 235 g/mol. The minimum Gasteiger partial charge on any atom is -0.507 e. The van der Waals surface area contributed by atoms with E-state index in [1.807, 2.05) is 12.1 Å². The van der Waals surface area contributed by atoms with E-state index in [4.69, 9.17) is 4.74 Å². The van der Waals surface area contributed by atoms with E-state index in [9.17, 15) is 5.11 Å². The zero-order valence-electron chi connectivity index (χ0n) is 10.6. The molecular weight excluding hydrogens is 214 g/mol. The molecule has 0 spiro atoms. The van der Waals surface area contributed by atoms with Crippen molar-refractivity contribution in [3.8, 4) is 11.5 Å². The summed E-state index contributed by atoms with van der Waals surface area (Å²) in [4.78, 5) is 0. The molecule has 0 heterocycles. The molecule has 1 fully saturated rings. The summed E-state index contributed by atoms with van der Waals surface area (Å²) >= 11 is 0. The number of hydrogen-bond donors (Lipinski definition) is 2. The second-order valence-corrected chi connectivity index (χ2v) is 5.12. The van der Waals surface area contributed by atoms with Crippen molar-refractivity contribution < 1.29 is 9.84 Å². The van der Waals surface area contributed by atoms with Gasteiger partial charge in [-0.1, -0.05) is 18.9 Å². The van der Waals surface area contributed by atoms with E-state index in [1.54, 1.807) is 13.2 Å². The number of rotatable bonds is 4. The van der Waals surface area contributed by atoms with Gasteiger partial charge in [-0.3, -0.25) is 0 Å². The van der Waals surface area contributed by atoms with E-state index in [1.165, 1.54) is 25.7 Å². The topological polar surface area (TPSA) is 41.5 Å². The molecule has 3 nitrogen and oxygen atoms in total. The molecule has 0 amide bonds. The molecule has 1 aromatic carbocycles. The first-order valence-electron chi connectivity index (χ1n) is 6.24. The third kappa shape index (κ3) is 2.91. The Morgan fingerprint density at radius 2 is 2.06 bits per heavy atom. The third-order valence-electron chi connectivity index (χ3n) is 3.71.